The number of ether oxygens (including phenoxy) is 2. The molecule has 0 aromatic heterocycles. The van der Waals surface area contributed by atoms with E-state index in [1.807, 2.05) is 60.7 Å². The summed E-state index contributed by atoms with van der Waals surface area (Å²) in [7, 11) is 1.40. The van der Waals surface area contributed by atoms with Gasteiger partial charge in [0.25, 0.3) is 5.91 Å². The molecule has 1 heterocycles. The van der Waals surface area contributed by atoms with E-state index in [0.717, 1.165) is 27.8 Å². The Balaban J connectivity index is 1.14. The summed E-state index contributed by atoms with van der Waals surface area (Å²) in [6.07, 6.45) is -1.44. The van der Waals surface area contributed by atoms with Crippen molar-refractivity contribution in [2.24, 2.45) is 0 Å². The summed E-state index contributed by atoms with van der Waals surface area (Å²) >= 11 is 0. The Morgan fingerprint density at radius 1 is 0.754 bits per heavy atom. The maximum atomic E-state index is 14.8. The molecule has 4 atom stereocenters. The topological polar surface area (TPSA) is 172 Å². The number of carboxylic acid groups (broad SMARTS) is 1. The summed E-state index contributed by atoms with van der Waals surface area (Å²) in [6.45, 7) is 1.21. The van der Waals surface area contributed by atoms with Crippen LogP contribution in [0.15, 0.2) is 133 Å². The molecule has 61 heavy (non-hydrogen) atoms. The number of nitrogens with one attached hydrogen (secondary N) is 2. The number of likely N-dealkylation sites (N-methyl/N-ethyl adjacent to an activating group) is 1. The summed E-state index contributed by atoms with van der Waals surface area (Å²) in [4.78, 5) is 84.6. The van der Waals surface area contributed by atoms with Crippen molar-refractivity contribution in [3.8, 4) is 11.1 Å². The Bertz CT molecular complexity index is 2380. The lowest BCUT2D eigenvalue weighted by Gasteiger charge is -2.42. The second-order valence-electron chi connectivity index (χ2n) is 15.2. The zero-order chi connectivity index (χ0) is 43.0. The molecule has 0 fully saturated rings. The standard InChI is InChI=1S/C48H46N4O9/c1-30(47(57)58)49-44(54)41(25-31-15-5-3-6-16-31)52-40-24-14-9-19-33(40)26-42(46(52)56)51(2)45(55)39(27-43(53)60-28-32-17-7-4-8-18-32)50-48(59)61-29-38-36-22-12-10-20-34(36)35-21-11-13-23-37(35)38/h3-24,30,38-39,41-42H,25-29H2,1-2H3,(H,49,54)(H,50,59)(H,57,58)/t30-,39?,41-,42-/m0/s1. The molecule has 13 heteroatoms. The molecule has 7 rings (SSSR count). The first kappa shape index (κ1) is 41.9. The van der Waals surface area contributed by atoms with Crippen LogP contribution in [0.4, 0.5) is 10.5 Å². The zero-order valence-electron chi connectivity index (χ0n) is 33.7. The van der Waals surface area contributed by atoms with Gasteiger partial charge >= 0.3 is 18.0 Å². The molecule has 0 saturated carbocycles. The van der Waals surface area contributed by atoms with Crippen molar-refractivity contribution in [3.05, 3.63) is 161 Å². The number of hydrogen-bond donors (Lipinski definition) is 3. The number of carbonyl (C=O) groups is 6. The van der Waals surface area contributed by atoms with Gasteiger partial charge in [-0.25, -0.2) is 4.79 Å². The third-order valence-electron chi connectivity index (χ3n) is 11.2. The van der Waals surface area contributed by atoms with Crippen molar-refractivity contribution in [2.45, 2.75) is 62.9 Å². The Labute approximate surface area is 353 Å². The van der Waals surface area contributed by atoms with Crippen LogP contribution in [0.3, 0.4) is 0 Å². The van der Waals surface area contributed by atoms with E-state index in [0.29, 0.717) is 16.8 Å². The van der Waals surface area contributed by atoms with Crippen LogP contribution in [0.2, 0.25) is 0 Å². The quantitative estimate of drug-likeness (QED) is 0.113. The molecule has 1 unspecified atom stereocenters. The van der Waals surface area contributed by atoms with Crippen molar-refractivity contribution in [2.75, 3.05) is 18.6 Å². The van der Waals surface area contributed by atoms with Crippen LogP contribution in [0.25, 0.3) is 11.1 Å². The number of carboxylic acids is 1. The van der Waals surface area contributed by atoms with Crippen LogP contribution in [0.1, 0.15) is 47.1 Å². The van der Waals surface area contributed by atoms with E-state index >= 15 is 0 Å². The highest BCUT2D eigenvalue weighted by atomic mass is 16.5. The van der Waals surface area contributed by atoms with Gasteiger partial charge in [0, 0.05) is 31.5 Å². The highest BCUT2D eigenvalue weighted by Crippen LogP contribution is 2.44. The Kier molecular flexibility index (Phi) is 12.9. The number of rotatable bonds is 15. The lowest BCUT2D eigenvalue weighted by Crippen LogP contribution is -2.62. The molecule has 5 aromatic rings. The minimum absolute atomic E-state index is 0.0304. The predicted octanol–water partition coefficient (Wildman–Crippen LogP) is 5.64. The van der Waals surface area contributed by atoms with Gasteiger partial charge in [0.05, 0.1) is 6.42 Å². The van der Waals surface area contributed by atoms with Crippen molar-refractivity contribution in [1.29, 1.82) is 0 Å². The fraction of sp³-hybridized carbons (Fsp3) is 0.250. The van der Waals surface area contributed by atoms with Gasteiger partial charge in [-0.05, 0) is 51.9 Å². The minimum atomic E-state index is -1.51. The molecule has 3 N–H and O–H groups in total. The number of benzene rings is 5. The number of alkyl carbamates (subject to hydrolysis) is 1. The van der Waals surface area contributed by atoms with Crippen LogP contribution in [-0.2, 0) is 52.9 Å². The fourth-order valence-corrected chi connectivity index (χ4v) is 7.97. The molecule has 5 aromatic carbocycles. The Morgan fingerprint density at radius 3 is 1.97 bits per heavy atom. The van der Waals surface area contributed by atoms with E-state index < -0.39 is 66.3 Å². The van der Waals surface area contributed by atoms with Gasteiger partial charge in [-0.3, -0.25) is 28.9 Å². The minimum Gasteiger partial charge on any atom is -0.480 e. The average molecular weight is 823 g/mol. The van der Waals surface area contributed by atoms with Crippen LogP contribution in [-0.4, -0.2) is 83.6 Å². The SMILES string of the molecule is C[C@H](NC(=O)[C@H](Cc1ccccc1)N1C(=O)[C@@H](N(C)C(=O)C(CC(=O)OCc2ccccc2)NC(=O)OCC2c3ccccc3-c3ccccc32)Cc2ccccc21)C(=O)O. The van der Waals surface area contributed by atoms with E-state index in [-0.39, 0.29) is 32.0 Å². The molecule has 1 aliphatic heterocycles. The van der Waals surface area contributed by atoms with E-state index in [4.69, 9.17) is 9.47 Å². The van der Waals surface area contributed by atoms with Crippen LogP contribution < -0.4 is 15.5 Å². The summed E-state index contributed by atoms with van der Waals surface area (Å²) in [5.41, 5.74) is 6.57. The van der Waals surface area contributed by atoms with Crippen molar-refractivity contribution in [3.63, 3.8) is 0 Å². The molecule has 0 saturated heterocycles. The van der Waals surface area contributed by atoms with Crippen molar-refractivity contribution >= 4 is 41.4 Å². The largest absolute Gasteiger partial charge is 0.480 e. The van der Waals surface area contributed by atoms with Crippen molar-refractivity contribution < 1.29 is 43.3 Å². The highest BCUT2D eigenvalue weighted by Gasteiger charge is 2.44. The van der Waals surface area contributed by atoms with Crippen molar-refractivity contribution in [1.82, 2.24) is 15.5 Å². The van der Waals surface area contributed by atoms with E-state index in [1.54, 1.807) is 72.8 Å². The molecule has 13 nitrogen and oxygen atoms in total. The molecule has 0 bridgehead atoms. The number of para-hydroxylation sites is 1. The maximum absolute atomic E-state index is 14.8. The number of nitrogens with zero attached hydrogens (tertiary/aromatic N) is 2. The Morgan fingerprint density at radius 2 is 1.33 bits per heavy atom. The van der Waals surface area contributed by atoms with Crippen LogP contribution in [0, 0.1) is 0 Å². The first-order valence-corrected chi connectivity index (χ1v) is 20.1. The van der Waals surface area contributed by atoms with Gasteiger partial charge in [0.2, 0.25) is 11.8 Å². The molecule has 1 aliphatic carbocycles. The molecule has 4 amide bonds. The number of amides is 4. The number of carbonyl (C=O) groups excluding carboxylic acids is 5. The second-order valence-corrected chi connectivity index (χ2v) is 15.2. The number of aliphatic carboxylic acids is 1. The summed E-state index contributed by atoms with van der Waals surface area (Å²) in [5.74, 6) is -4.38. The molecule has 312 valence electrons. The summed E-state index contributed by atoms with van der Waals surface area (Å²) < 4.78 is 11.3. The third-order valence-corrected chi connectivity index (χ3v) is 11.2. The molecule has 2 aliphatic rings. The van der Waals surface area contributed by atoms with Gasteiger partial charge in [-0.1, -0.05) is 127 Å². The van der Waals surface area contributed by atoms with E-state index in [2.05, 4.69) is 10.6 Å². The predicted molar refractivity (Wildman–Crippen MR) is 226 cm³/mol. The molecule has 0 radical (unpaired) electrons. The lowest BCUT2D eigenvalue weighted by molar-refractivity contribution is -0.149. The van der Waals surface area contributed by atoms with Gasteiger partial charge in [-0.2, -0.15) is 0 Å². The number of fused-ring (bicyclic) bond motifs is 4. The first-order valence-electron chi connectivity index (χ1n) is 20.1. The van der Waals surface area contributed by atoms with Gasteiger partial charge < -0.3 is 30.1 Å². The molecule has 0 spiro atoms. The normalized spacial score (nSPS) is 15.5. The second kappa shape index (κ2) is 18.8. The van der Waals surface area contributed by atoms with Gasteiger partial charge in [0.1, 0.15) is 37.4 Å². The number of esters is 1. The van der Waals surface area contributed by atoms with E-state index in [9.17, 15) is 33.9 Å². The highest BCUT2D eigenvalue weighted by molar-refractivity contribution is 6.07. The lowest BCUT2D eigenvalue weighted by atomic mass is 9.92. The fourth-order valence-electron chi connectivity index (χ4n) is 7.97. The number of anilines is 1. The zero-order valence-corrected chi connectivity index (χ0v) is 33.7. The first-order chi connectivity index (χ1) is 29.5. The van der Waals surface area contributed by atoms with Gasteiger partial charge in [0.15, 0.2) is 0 Å². The van der Waals surface area contributed by atoms with E-state index in [1.165, 1.54) is 23.8 Å². The summed E-state index contributed by atoms with van der Waals surface area (Å²) in [6, 6.07) is 35.5. The van der Waals surface area contributed by atoms with Crippen LogP contribution >= 0.6 is 0 Å². The van der Waals surface area contributed by atoms with Crippen LogP contribution in [0.5, 0.6) is 0 Å². The monoisotopic (exact) mass is 822 g/mol. The van der Waals surface area contributed by atoms with Gasteiger partial charge in [-0.15, -0.1) is 0 Å². The summed E-state index contributed by atoms with van der Waals surface area (Å²) in [5, 5.41) is 14.7. The average Bonchev–Trinajstić information content (AvgIpc) is 3.60. The third kappa shape index (κ3) is 9.46. The molecular formula is C48H46N4O9. The smallest absolute Gasteiger partial charge is 0.407 e. The number of hydrogen-bond acceptors (Lipinski definition) is 8. The Hall–Kier alpha value is -7.28. The maximum Gasteiger partial charge on any atom is 0.407 e. The molecular weight excluding hydrogens is 777 g/mol.